The van der Waals surface area contributed by atoms with E-state index in [2.05, 4.69) is 5.32 Å². The summed E-state index contributed by atoms with van der Waals surface area (Å²) in [5.74, 6) is -0.940. The molecule has 1 aromatic rings. The molecule has 2 amide bonds. The fourth-order valence-corrected chi connectivity index (χ4v) is 2.37. The molecule has 0 aliphatic carbocycles. The molecule has 0 atom stereocenters. The van der Waals surface area contributed by atoms with Crippen LogP contribution in [0.15, 0.2) is 24.3 Å². The Morgan fingerprint density at radius 1 is 1.15 bits per heavy atom. The van der Waals surface area contributed by atoms with Crippen LogP contribution < -0.4 is 11.1 Å². The number of nitrogens with zero attached hydrogens (tertiary/aromatic N) is 1. The van der Waals surface area contributed by atoms with Gasteiger partial charge in [-0.3, -0.25) is 9.59 Å². The van der Waals surface area contributed by atoms with Crippen molar-refractivity contribution in [2.45, 2.75) is 32.4 Å². The monoisotopic (exact) mass is 275 g/mol. The fourth-order valence-electron chi connectivity index (χ4n) is 2.37. The molecule has 1 heterocycles. The molecule has 3 N–H and O–H groups in total. The van der Waals surface area contributed by atoms with Gasteiger partial charge in [-0.15, -0.1) is 0 Å². The maximum absolute atomic E-state index is 11.9. The van der Waals surface area contributed by atoms with E-state index in [9.17, 15) is 9.59 Å². The van der Waals surface area contributed by atoms with E-state index in [4.69, 9.17) is 5.73 Å². The average molecular weight is 275 g/mol. The molecule has 1 aromatic carbocycles. The largest absolute Gasteiger partial charge is 0.344 e. The molecule has 5 nitrogen and oxygen atoms in total. The number of nitrogens with two attached hydrogens (primary N) is 1. The SMILES string of the molecule is NCc1cccc(CNC(=O)C(=O)N2CCCCC2)c1. The molecule has 0 bridgehead atoms. The summed E-state index contributed by atoms with van der Waals surface area (Å²) < 4.78 is 0. The summed E-state index contributed by atoms with van der Waals surface area (Å²) in [5, 5.41) is 2.68. The first kappa shape index (κ1) is 14.5. The quantitative estimate of drug-likeness (QED) is 0.800. The van der Waals surface area contributed by atoms with Crippen molar-refractivity contribution in [3.8, 4) is 0 Å². The van der Waals surface area contributed by atoms with E-state index in [0.717, 1.165) is 30.4 Å². The van der Waals surface area contributed by atoms with Gasteiger partial charge in [-0.1, -0.05) is 24.3 Å². The fraction of sp³-hybridized carbons (Fsp3) is 0.467. The third-order valence-corrected chi connectivity index (χ3v) is 3.52. The Bertz CT molecular complexity index is 482. The number of nitrogens with one attached hydrogen (secondary N) is 1. The molecule has 1 aliphatic rings. The number of piperidine rings is 1. The van der Waals surface area contributed by atoms with Gasteiger partial charge >= 0.3 is 11.8 Å². The standard InChI is InChI=1S/C15H21N3O2/c16-10-12-5-4-6-13(9-12)11-17-14(19)15(20)18-7-2-1-3-8-18/h4-6,9H,1-3,7-8,10-11,16H2,(H,17,19). The Morgan fingerprint density at radius 2 is 1.85 bits per heavy atom. The van der Waals surface area contributed by atoms with Gasteiger partial charge in [0.25, 0.3) is 0 Å². The molecular weight excluding hydrogens is 254 g/mol. The molecule has 108 valence electrons. The van der Waals surface area contributed by atoms with Gasteiger partial charge in [-0.2, -0.15) is 0 Å². The van der Waals surface area contributed by atoms with Crippen molar-refractivity contribution in [2.24, 2.45) is 5.73 Å². The summed E-state index contributed by atoms with van der Waals surface area (Å²) in [6.07, 6.45) is 3.10. The Kier molecular flexibility index (Phi) is 5.12. The van der Waals surface area contributed by atoms with E-state index in [0.29, 0.717) is 26.2 Å². The predicted molar refractivity (Wildman–Crippen MR) is 76.6 cm³/mol. The van der Waals surface area contributed by atoms with Crippen LogP contribution in [0.5, 0.6) is 0 Å². The van der Waals surface area contributed by atoms with Crippen molar-refractivity contribution in [3.05, 3.63) is 35.4 Å². The zero-order chi connectivity index (χ0) is 14.4. The van der Waals surface area contributed by atoms with Gasteiger partial charge in [0, 0.05) is 26.2 Å². The smallest absolute Gasteiger partial charge is 0.311 e. The zero-order valence-electron chi connectivity index (χ0n) is 11.6. The van der Waals surface area contributed by atoms with Gasteiger partial charge in [0.15, 0.2) is 0 Å². The summed E-state index contributed by atoms with van der Waals surface area (Å²) in [4.78, 5) is 25.4. The third kappa shape index (κ3) is 3.81. The second kappa shape index (κ2) is 7.05. The van der Waals surface area contributed by atoms with Crippen molar-refractivity contribution in [1.29, 1.82) is 0 Å². The van der Waals surface area contributed by atoms with E-state index in [1.54, 1.807) is 4.90 Å². The molecule has 1 aliphatic heterocycles. The number of benzene rings is 1. The van der Waals surface area contributed by atoms with Gasteiger partial charge in [0.1, 0.15) is 0 Å². The highest BCUT2D eigenvalue weighted by molar-refractivity contribution is 6.34. The number of likely N-dealkylation sites (tertiary alicyclic amines) is 1. The van der Waals surface area contributed by atoms with Crippen LogP contribution in [0.3, 0.4) is 0 Å². The first-order valence-corrected chi connectivity index (χ1v) is 7.05. The lowest BCUT2D eigenvalue weighted by atomic mass is 10.1. The van der Waals surface area contributed by atoms with Crippen molar-refractivity contribution < 1.29 is 9.59 Å². The topological polar surface area (TPSA) is 75.4 Å². The molecule has 1 fully saturated rings. The Hall–Kier alpha value is -1.88. The summed E-state index contributed by atoms with van der Waals surface area (Å²) in [6.45, 7) is 2.20. The summed E-state index contributed by atoms with van der Waals surface area (Å²) >= 11 is 0. The van der Waals surface area contributed by atoms with Crippen LogP contribution in [-0.4, -0.2) is 29.8 Å². The van der Waals surface area contributed by atoms with Crippen molar-refractivity contribution in [3.63, 3.8) is 0 Å². The molecule has 0 aromatic heterocycles. The highest BCUT2D eigenvalue weighted by Crippen LogP contribution is 2.09. The van der Waals surface area contributed by atoms with E-state index in [1.165, 1.54) is 0 Å². The van der Waals surface area contributed by atoms with Crippen LogP contribution >= 0.6 is 0 Å². The van der Waals surface area contributed by atoms with Crippen LogP contribution in [0.25, 0.3) is 0 Å². The number of amides is 2. The van der Waals surface area contributed by atoms with Gasteiger partial charge < -0.3 is 16.0 Å². The Morgan fingerprint density at radius 3 is 2.55 bits per heavy atom. The molecule has 0 spiro atoms. The predicted octanol–water partition coefficient (Wildman–Crippen LogP) is 0.774. The molecular formula is C15H21N3O2. The number of carbonyl (C=O) groups excluding carboxylic acids is 2. The molecule has 0 unspecified atom stereocenters. The van der Waals surface area contributed by atoms with Crippen LogP contribution in [0.4, 0.5) is 0 Å². The molecule has 20 heavy (non-hydrogen) atoms. The first-order chi connectivity index (χ1) is 9.70. The van der Waals surface area contributed by atoms with E-state index in [1.807, 2.05) is 24.3 Å². The number of carbonyl (C=O) groups is 2. The second-order valence-electron chi connectivity index (χ2n) is 5.06. The summed E-state index contributed by atoms with van der Waals surface area (Å²) in [6, 6.07) is 7.68. The lowest BCUT2D eigenvalue weighted by Crippen LogP contribution is -2.44. The highest BCUT2D eigenvalue weighted by atomic mass is 16.2. The molecule has 2 rings (SSSR count). The van der Waals surface area contributed by atoms with Gasteiger partial charge in [0.2, 0.25) is 0 Å². The van der Waals surface area contributed by atoms with Crippen LogP contribution in [0, 0.1) is 0 Å². The highest BCUT2D eigenvalue weighted by Gasteiger charge is 2.22. The van der Waals surface area contributed by atoms with Crippen molar-refractivity contribution in [2.75, 3.05) is 13.1 Å². The lowest BCUT2D eigenvalue weighted by Gasteiger charge is -2.25. The minimum absolute atomic E-state index is 0.353. The normalized spacial score (nSPS) is 14.9. The maximum Gasteiger partial charge on any atom is 0.311 e. The van der Waals surface area contributed by atoms with Crippen molar-refractivity contribution >= 4 is 11.8 Å². The minimum atomic E-state index is -0.523. The summed E-state index contributed by atoms with van der Waals surface area (Å²) in [7, 11) is 0. The number of hydrogen-bond acceptors (Lipinski definition) is 3. The minimum Gasteiger partial charge on any atom is -0.344 e. The van der Waals surface area contributed by atoms with Crippen molar-refractivity contribution in [1.82, 2.24) is 10.2 Å². The van der Waals surface area contributed by atoms with Crippen LogP contribution in [0.2, 0.25) is 0 Å². The van der Waals surface area contributed by atoms with E-state index in [-0.39, 0.29) is 0 Å². The average Bonchev–Trinajstić information content (AvgIpc) is 2.53. The molecule has 1 saturated heterocycles. The Labute approximate surface area is 119 Å². The maximum atomic E-state index is 11.9. The second-order valence-corrected chi connectivity index (χ2v) is 5.06. The van der Waals surface area contributed by atoms with E-state index >= 15 is 0 Å². The van der Waals surface area contributed by atoms with Gasteiger partial charge in [0.05, 0.1) is 0 Å². The van der Waals surface area contributed by atoms with Crippen LogP contribution in [-0.2, 0) is 22.7 Å². The zero-order valence-corrected chi connectivity index (χ0v) is 11.6. The lowest BCUT2D eigenvalue weighted by molar-refractivity contribution is -0.146. The number of rotatable bonds is 3. The van der Waals surface area contributed by atoms with Gasteiger partial charge in [-0.05, 0) is 30.4 Å². The molecule has 0 saturated carbocycles. The van der Waals surface area contributed by atoms with E-state index < -0.39 is 11.8 Å². The third-order valence-electron chi connectivity index (χ3n) is 3.52. The molecule has 0 radical (unpaired) electrons. The first-order valence-electron chi connectivity index (χ1n) is 7.05. The summed E-state index contributed by atoms with van der Waals surface area (Å²) in [5.41, 5.74) is 7.54. The van der Waals surface area contributed by atoms with Crippen LogP contribution in [0.1, 0.15) is 30.4 Å². The number of hydrogen-bond donors (Lipinski definition) is 2. The Balaban J connectivity index is 1.86. The van der Waals surface area contributed by atoms with Gasteiger partial charge in [-0.25, -0.2) is 0 Å². The molecule has 5 heteroatoms.